The number of hydrazone groups is 1. The molecule has 2 heterocycles. The number of piperidine rings is 1. The van der Waals surface area contributed by atoms with E-state index in [0.29, 0.717) is 29.2 Å². The van der Waals surface area contributed by atoms with Crippen molar-refractivity contribution in [3.63, 3.8) is 0 Å². The number of hydrogen-bond donors (Lipinski definition) is 2. The Hall–Kier alpha value is -4.53. The van der Waals surface area contributed by atoms with Crippen molar-refractivity contribution < 1.29 is 9.13 Å². The van der Waals surface area contributed by atoms with Crippen LogP contribution in [-0.4, -0.2) is 34.3 Å². The van der Waals surface area contributed by atoms with Crippen molar-refractivity contribution in [3.05, 3.63) is 95.8 Å². The Morgan fingerprint density at radius 1 is 0.838 bits per heavy atom. The first-order valence-electron chi connectivity index (χ1n) is 12.3. The first-order chi connectivity index (χ1) is 18.2. The van der Waals surface area contributed by atoms with Crippen molar-refractivity contribution in [2.24, 2.45) is 5.10 Å². The van der Waals surface area contributed by atoms with E-state index in [4.69, 9.17) is 4.74 Å². The number of rotatable bonds is 9. The van der Waals surface area contributed by atoms with Gasteiger partial charge in [-0.2, -0.15) is 20.1 Å². The zero-order valence-electron chi connectivity index (χ0n) is 20.3. The fourth-order valence-electron chi connectivity index (χ4n) is 3.95. The molecule has 4 aromatic rings. The molecule has 0 saturated carbocycles. The third kappa shape index (κ3) is 6.78. The number of benzene rings is 3. The van der Waals surface area contributed by atoms with E-state index in [1.807, 2.05) is 54.6 Å². The van der Waals surface area contributed by atoms with Gasteiger partial charge in [0.1, 0.15) is 18.2 Å². The molecule has 0 unspecified atom stereocenters. The number of ether oxygens (including phenoxy) is 1. The zero-order chi connectivity index (χ0) is 25.3. The van der Waals surface area contributed by atoms with E-state index < -0.39 is 0 Å². The van der Waals surface area contributed by atoms with Gasteiger partial charge in [0.05, 0.1) is 6.21 Å². The molecule has 3 aromatic carbocycles. The Bertz CT molecular complexity index is 1330. The summed E-state index contributed by atoms with van der Waals surface area (Å²) in [6.45, 7) is 2.01. The Morgan fingerprint density at radius 3 is 2.35 bits per heavy atom. The minimum absolute atomic E-state index is 0.166. The summed E-state index contributed by atoms with van der Waals surface area (Å²) in [5.74, 6) is 1.81. The highest BCUT2D eigenvalue weighted by molar-refractivity contribution is 5.80. The van der Waals surface area contributed by atoms with Crippen molar-refractivity contribution in [3.8, 4) is 5.75 Å². The first-order valence-corrected chi connectivity index (χ1v) is 12.3. The highest BCUT2D eigenvalue weighted by Gasteiger charge is 2.16. The zero-order valence-corrected chi connectivity index (χ0v) is 20.3. The molecule has 9 heteroatoms. The number of para-hydroxylation sites is 1. The number of nitrogens with one attached hydrogen (secondary N) is 2. The van der Waals surface area contributed by atoms with Gasteiger partial charge in [0, 0.05) is 24.3 Å². The predicted octanol–water partition coefficient (Wildman–Crippen LogP) is 5.77. The molecule has 0 bridgehead atoms. The van der Waals surface area contributed by atoms with Crippen LogP contribution in [0.5, 0.6) is 5.75 Å². The summed E-state index contributed by atoms with van der Waals surface area (Å²) >= 11 is 0. The molecule has 0 aliphatic carbocycles. The largest absolute Gasteiger partial charge is 0.489 e. The van der Waals surface area contributed by atoms with E-state index in [9.17, 15) is 4.39 Å². The lowest BCUT2D eigenvalue weighted by Crippen LogP contribution is -2.31. The smallest absolute Gasteiger partial charge is 0.250 e. The summed E-state index contributed by atoms with van der Waals surface area (Å²) in [6.07, 6.45) is 5.14. The molecule has 1 aromatic heterocycles. The standard InChI is InChI=1S/C28H28FN7O/c29-25-12-6-5-9-22(25)20-37-24-15-13-21(14-16-24)19-30-35-27-32-26(31-23-10-3-1-4-11-23)33-28(34-27)36-17-7-2-8-18-36/h1,3-6,9-16,19H,2,7-8,17-18,20H2,(H2,31,32,33,34,35)/b30-19+. The van der Waals surface area contributed by atoms with E-state index >= 15 is 0 Å². The second kappa shape index (κ2) is 11.9. The quantitative estimate of drug-likeness (QED) is 0.224. The van der Waals surface area contributed by atoms with Crippen LogP contribution >= 0.6 is 0 Å². The molecule has 37 heavy (non-hydrogen) atoms. The lowest BCUT2D eigenvalue weighted by Gasteiger charge is -2.26. The van der Waals surface area contributed by atoms with Crippen LogP contribution < -0.4 is 20.4 Å². The average Bonchev–Trinajstić information content (AvgIpc) is 2.94. The minimum Gasteiger partial charge on any atom is -0.489 e. The van der Waals surface area contributed by atoms with Crippen LogP contribution in [0.4, 0.5) is 27.9 Å². The number of nitrogens with zero attached hydrogens (tertiary/aromatic N) is 5. The molecule has 5 rings (SSSR count). The molecular weight excluding hydrogens is 469 g/mol. The molecule has 1 aliphatic rings. The number of halogens is 1. The third-order valence-electron chi connectivity index (χ3n) is 5.90. The van der Waals surface area contributed by atoms with Gasteiger partial charge in [-0.25, -0.2) is 9.82 Å². The van der Waals surface area contributed by atoms with Gasteiger partial charge < -0.3 is 15.0 Å². The monoisotopic (exact) mass is 497 g/mol. The van der Waals surface area contributed by atoms with Crippen LogP contribution in [-0.2, 0) is 6.61 Å². The fourth-order valence-corrected chi connectivity index (χ4v) is 3.95. The maximum absolute atomic E-state index is 13.8. The van der Waals surface area contributed by atoms with Crippen molar-refractivity contribution in [1.82, 2.24) is 15.0 Å². The molecule has 188 valence electrons. The summed E-state index contributed by atoms with van der Waals surface area (Å²) in [5.41, 5.74) is 5.20. The van der Waals surface area contributed by atoms with Gasteiger partial charge in [0.15, 0.2) is 0 Å². The molecule has 1 saturated heterocycles. The first kappa shape index (κ1) is 24.2. The number of hydrogen-bond acceptors (Lipinski definition) is 8. The van der Waals surface area contributed by atoms with Gasteiger partial charge >= 0.3 is 0 Å². The lowest BCUT2D eigenvalue weighted by atomic mass is 10.1. The van der Waals surface area contributed by atoms with E-state index in [1.54, 1.807) is 24.4 Å². The molecule has 1 fully saturated rings. The Kier molecular flexibility index (Phi) is 7.80. The van der Waals surface area contributed by atoms with Crippen LogP contribution in [0.3, 0.4) is 0 Å². The van der Waals surface area contributed by atoms with Gasteiger partial charge in [-0.15, -0.1) is 0 Å². The van der Waals surface area contributed by atoms with E-state index in [0.717, 1.165) is 37.2 Å². The third-order valence-corrected chi connectivity index (χ3v) is 5.90. The van der Waals surface area contributed by atoms with E-state index in [2.05, 4.69) is 35.7 Å². The van der Waals surface area contributed by atoms with Crippen molar-refractivity contribution in [2.45, 2.75) is 25.9 Å². The molecule has 2 N–H and O–H groups in total. The lowest BCUT2D eigenvalue weighted by molar-refractivity contribution is 0.300. The highest BCUT2D eigenvalue weighted by Crippen LogP contribution is 2.21. The second-order valence-corrected chi connectivity index (χ2v) is 8.64. The summed E-state index contributed by atoms with van der Waals surface area (Å²) in [6, 6.07) is 23.7. The van der Waals surface area contributed by atoms with Crippen LogP contribution in [0.1, 0.15) is 30.4 Å². The van der Waals surface area contributed by atoms with Gasteiger partial charge in [-0.1, -0.05) is 36.4 Å². The molecule has 0 radical (unpaired) electrons. The highest BCUT2D eigenvalue weighted by atomic mass is 19.1. The molecule has 8 nitrogen and oxygen atoms in total. The predicted molar refractivity (Wildman–Crippen MR) is 144 cm³/mol. The van der Waals surface area contributed by atoms with Crippen LogP contribution in [0, 0.1) is 5.82 Å². The maximum atomic E-state index is 13.8. The summed E-state index contributed by atoms with van der Waals surface area (Å²) in [5, 5.41) is 7.56. The molecular formula is C28H28FN7O. The van der Waals surface area contributed by atoms with Gasteiger partial charge in [-0.05, 0) is 67.3 Å². The second-order valence-electron chi connectivity index (χ2n) is 8.64. The van der Waals surface area contributed by atoms with Crippen molar-refractivity contribution in [2.75, 3.05) is 28.7 Å². The molecule has 0 amide bonds. The Balaban J connectivity index is 1.25. The normalized spacial score (nSPS) is 13.5. The van der Waals surface area contributed by atoms with Crippen molar-refractivity contribution in [1.29, 1.82) is 0 Å². The van der Waals surface area contributed by atoms with Crippen LogP contribution in [0.2, 0.25) is 0 Å². The molecule has 1 aliphatic heterocycles. The van der Waals surface area contributed by atoms with Crippen molar-refractivity contribution >= 4 is 29.7 Å². The Labute approximate surface area is 215 Å². The summed E-state index contributed by atoms with van der Waals surface area (Å²) in [7, 11) is 0. The fraction of sp³-hybridized carbons (Fsp3) is 0.214. The minimum atomic E-state index is -0.277. The van der Waals surface area contributed by atoms with Crippen LogP contribution in [0.15, 0.2) is 84.0 Å². The van der Waals surface area contributed by atoms with Gasteiger partial charge in [0.2, 0.25) is 17.8 Å². The maximum Gasteiger partial charge on any atom is 0.250 e. The topological polar surface area (TPSA) is 87.6 Å². The van der Waals surface area contributed by atoms with Crippen LogP contribution in [0.25, 0.3) is 0 Å². The molecule has 0 atom stereocenters. The SMILES string of the molecule is Fc1ccccc1COc1ccc(/C=N/Nc2nc(Nc3ccccc3)nc(N3CCCCC3)n2)cc1. The average molecular weight is 498 g/mol. The number of aromatic nitrogens is 3. The van der Waals surface area contributed by atoms with Gasteiger partial charge in [0.25, 0.3) is 0 Å². The van der Waals surface area contributed by atoms with E-state index in [-0.39, 0.29) is 12.4 Å². The molecule has 0 spiro atoms. The van der Waals surface area contributed by atoms with Gasteiger partial charge in [-0.3, -0.25) is 0 Å². The van der Waals surface area contributed by atoms with E-state index in [1.165, 1.54) is 12.5 Å². The Morgan fingerprint density at radius 2 is 1.57 bits per heavy atom. The number of anilines is 4. The summed E-state index contributed by atoms with van der Waals surface area (Å²) < 4.78 is 19.5. The summed E-state index contributed by atoms with van der Waals surface area (Å²) in [4.78, 5) is 15.9.